The number of pyridine rings is 1. The van der Waals surface area contributed by atoms with Crippen LogP contribution in [-0.4, -0.2) is 16.6 Å². The fourth-order valence-corrected chi connectivity index (χ4v) is 2.20. The Morgan fingerprint density at radius 1 is 1.00 bits per heavy atom. The molecule has 20 heavy (non-hydrogen) atoms. The molecule has 2 N–H and O–H groups in total. The molecule has 0 unspecified atom stereocenters. The van der Waals surface area contributed by atoms with Crippen molar-refractivity contribution in [3.8, 4) is 11.3 Å². The highest BCUT2D eigenvalue weighted by Crippen LogP contribution is 2.30. The van der Waals surface area contributed by atoms with Crippen LogP contribution in [0.5, 0.6) is 0 Å². The van der Waals surface area contributed by atoms with E-state index in [2.05, 4.69) is 4.98 Å². The summed E-state index contributed by atoms with van der Waals surface area (Å²) >= 11 is 0. The van der Waals surface area contributed by atoms with Crippen LogP contribution in [0.25, 0.3) is 11.3 Å². The maximum absolute atomic E-state index is 11.9. The van der Waals surface area contributed by atoms with Crippen molar-refractivity contribution in [2.24, 2.45) is 5.73 Å². The van der Waals surface area contributed by atoms with E-state index in [0.29, 0.717) is 16.8 Å². The maximum Gasteiger partial charge on any atom is 0.161 e. The van der Waals surface area contributed by atoms with Crippen LogP contribution in [0.4, 0.5) is 0 Å². The van der Waals surface area contributed by atoms with E-state index in [1.807, 2.05) is 24.3 Å². The summed E-state index contributed by atoms with van der Waals surface area (Å²) in [5.41, 5.74) is 6.35. The van der Waals surface area contributed by atoms with E-state index >= 15 is 0 Å². The lowest BCUT2D eigenvalue weighted by atomic mass is 9.80. The molecule has 0 aliphatic rings. The van der Waals surface area contributed by atoms with Crippen LogP contribution in [0.2, 0.25) is 0 Å². The molecular weight excluding hydrogens is 252 g/mol. The number of ketones is 2. The molecule has 0 amide bonds. The van der Waals surface area contributed by atoms with Gasteiger partial charge in [-0.15, -0.1) is 0 Å². The number of carbonyl (C=O) groups excluding carboxylic acids is 2. The molecule has 4 nitrogen and oxygen atoms in total. The maximum atomic E-state index is 11.9. The summed E-state index contributed by atoms with van der Waals surface area (Å²) in [5.74, 6) is -0.762. The molecule has 0 radical (unpaired) electrons. The Hall–Kier alpha value is -2.33. The first-order valence-electron chi connectivity index (χ1n) is 6.29. The fraction of sp³-hybridized carbons (Fsp3) is 0.188. The molecule has 0 spiro atoms. The molecule has 1 heterocycles. The van der Waals surface area contributed by atoms with Crippen molar-refractivity contribution in [2.45, 2.75) is 19.4 Å². The first kappa shape index (κ1) is 14.1. The van der Waals surface area contributed by atoms with Gasteiger partial charge < -0.3 is 5.73 Å². The van der Waals surface area contributed by atoms with Crippen LogP contribution in [0.1, 0.15) is 19.4 Å². The number of hydrogen-bond acceptors (Lipinski definition) is 4. The molecular formula is C16H16N2O2. The van der Waals surface area contributed by atoms with Gasteiger partial charge in [0.1, 0.15) is 0 Å². The molecule has 0 fully saturated rings. The Labute approximate surface area is 117 Å². The summed E-state index contributed by atoms with van der Waals surface area (Å²) < 4.78 is 0. The van der Waals surface area contributed by atoms with Gasteiger partial charge in [0, 0.05) is 11.8 Å². The largest absolute Gasteiger partial charge is 0.309 e. The minimum atomic E-state index is -1.63. The van der Waals surface area contributed by atoms with Gasteiger partial charge in [0.05, 0.1) is 5.69 Å². The van der Waals surface area contributed by atoms with Crippen LogP contribution in [0, 0.1) is 0 Å². The van der Waals surface area contributed by atoms with E-state index in [9.17, 15) is 9.59 Å². The van der Waals surface area contributed by atoms with Gasteiger partial charge in [-0.05, 0) is 31.5 Å². The summed E-state index contributed by atoms with van der Waals surface area (Å²) in [6.07, 6.45) is 1.66. The van der Waals surface area contributed by atoms with E-state index in [4.69, 9.17) is 5.73 Å². The minimum Gasteiger partial charge on any atom is -0.309 e. The summed E-state index contributed by atoms with van der Waals surface area (Å²) in [6.45, 7) is 2.66. The lowest BCUT2D eigenvalue weighted by Gasteiger charge is -2.26. The van der Waals surface area contributed by atoms with E-state index in [1.165, 1.54) is 13.8 Å². The summed E-state index contributed by atoms with van der Waals surface area (Å²) in [6, 6.07) is 12.6. The van der Waals surface area contributed by atoms with E-state index in [0.717, 1.165) is 0 Å². The molecule has 0 atom stereocenters. The van der Waals surface area contributed by atoms with Gasteiger partial charge in [-0.3, -0.25) is 14.6 Å². The lowest BCUT2D eigenvalue weighted by Crippen LogP contribution is -2.50. The van der Waals surface area contributed by atoms with Crippen LogP contribution in [-0.2, 0) is 15.1 Å². The highest BCUT2D eigenvalue weighted by atomic mass is 16.2. The third kappa shape index (κ3) is 2.26. The number of rotatable bonds is 4. The summed E-state index contributed by atoms with van der Waals surface area (Å²) in [7, 11) is 0. The third-order valence-corrected chi connectivity index (χ3v) is 3.40. The van der Waals surface area contributed by atoms with Crippen molar-refractivity contribution in [1.82, 2.24) is 4.98 Å². The van der Waals surface area contributed by atoms with Gasteiger partial charge in [-0.25, -0.2) is 0 Å². The minimum absolute atomic E-state index is 0.381. The van der Waals surface area contributed by atoms with Gasteiger partial charge in [0.15, 0.2) is 17.1 Å². The van der Waals surface area contributed by atoms with Crippen molar-refractivity contribution in [1.29, 1.82) is 0 Å². The second kappa shape index (κ2) is 5.35. The summed E-state index contributed by atoms with van der Waals surface area (Å²) in [4.78, 5) is 28.1. The molecule has 0 bridgehead atoms. The lowest BCUT2D eigenvalue weighted by molar-refractivity contribution is -0.132. The van der Waals surface area contributed by atoms with Gasteiger partial charge in [-0.1, -0.05) is 30.3 Å². The zero-order valence-corrected chi connectivity index (χ0v) is 11.5. The second-order valence-corrected chi connectivity index (χ2v) is 4.68. The van der Waals surface area contributed by atoms with Gasteiger partial charge in [0.2, 0.25) is 0 Å². The number of hydrogen-bond donors (Lipinski definition) is 1. The highest BCUT2D eigenvalue weighted by molar-refractivity contribution is 6.11. The second-order valence-electron chi connectivity index (χ2n) is 4.68. The molecule has 1 aromatic heterocycles. The quantitative estimate of drug-likeness (QED) is 0.862. The van der Waals surface area contributed by atoms with Crippen molar-refractivity contribution >= 4 is 11.6 Å². The molecule has 2 rings (SSSR count). The van der Waals surface area contributed by atoms with Crippen molar-refractivity contribution < 1.29 is 9.59 Å². The third-order valence-electron chi connectivity index (χ3n) is 3.40. The van der Waals surface area contributed by atoms with Crippen LogP contribution >= 0.6 is 0 Å². The van der Waals surface area contributed by atoms with E-state index < -0.39 is 5.54 Å². The molecule has 102 valence electrons. The van der Waals surface area contributed by atoms with Crippen LogP contribution in [0.3, 0.4) is 0 Å². The average molecular weight is 268 g/mol. The SMILES string of the molecule is CC(=O)C(N)(C(C)=O)c1ccccc1-c1ccccn1. The molecule has 1 aromatic carbocycles. The molecule has 2 aromatic rings. The zero-order valence-electron chi connectivity index (χ0n) is 11.5. The Balaban J connectivity index is 2.70. The number of carbonyl (C=O) groups is 2. The molecule has 0 saturated carbocycles. The Morgan fingerprint density at radius 3 is 2.15 bits per heavy atom. The number of benzene rings is 1. The number of aromatic nitrogens is 1. The molecule has 4 heteroatoms. The molecule has 0 aliphatic heterocycles. The highest BCUT2D eigenvalue weighted by Gasteiger charge is 2.39. The van der Waals surface area contributed by atoms with Crippen LogP contribution in [0.15, 0.2) is 48.7 Å². The first-order valence-corrected chi connectivity index (χ1v) is 6.29. The average Bonchev–Trinajstić information content (AvgIpc) is 2.47. The number of nitrogens with zero attached hydrogens (tertiary/aromatic N) is 1. The van der Waals surface area contributed by atoms with Crippen molar-refractivity contribution in [2.75, 3.05) is 0 Å². The predicted molar refractivity (Wildman–Crippen MR) is 76.9 cm³/mol. The van der Waals surface area contributed by atoms with Crippen molar-refractivity contribution in [3.05, 3.63) is 54.2 Å². The smallest absolute Gasteiger partial charge is 0.161 e. The molecule has 0 saturated heterocycles. The standard InChI is InChI=1S/C16H16N2O2/c1-11(19)16(17,12(2)20)14-8-4-3-7-13(14)15-9-5-6-10-18-15/h3-10H,17H2,1-2H3. The van der Waals surface area contributed by atoms with E-state index in [1.54, 1.807) is 24.4 Å². The van der Waals surface area contributed by atoms with Crippen LogP contribution < -0.4 is 5.73 Å². The normalized spacial score (nSPS) is 11.2. The van der Waals surface area contributed by atoms with E-state index in [-0.39, 0.29) is 11.6 Å². The Morgan fingerprint density at radius 2 is 1.60 bits per heavy atom. The monoisotopic (exact) mass is 268 g/mol. The van der Waals surface area contributed by atoms with Gasteiger partial charge in [0.25, 0.3) is 0 Å². The topological polar surface area (TPSA) is 73.1 Å². The number of Topliss-reactive ketones (excluding diaryl/α,β-unsaturated/α-hetero) is 2. The van der Waals surface area contributed by atoms with Gasteiger partial charge >= 0.3 is 0 Å². The molecule has 0 aliphatic carbocycles. The predicted octanol–water partition coefficient (Wildman–Crippen LogP) is 2.08. The Kier molecular flexibility index (Phi) is 3.77. The first-order chi connectivity index (χ1) is 9.48. The fourth-order valence-electron chi connectivity index (χ4n) is 2.20. The summed E-state index contributed by atoms with van der Waals surface area (Å²) in [5, 5.41) is 0. The van der Waals surface area contributed by atoms with Crippen molar-refractivity contribution in [3.63, 3.8) is 0 Å². The Bertz CT molecular complexity index is 637. The van der Waals surface area contributed by atoms with Gasteiger partial charge in [-0.2, -0.15) is 0 Å². The zero-order chi connectivity index (χ0) is 14.8. The number of nitrogens with two attached hydrogens (primary N) is 1.